The summed E-state index contributed by atoms with van der Waals surface area (Å²) in [5.74, 6) is 0.921. The van der Waals surface area contributed by atoms with Crippen molar-refractivity contribution in [2.45, 2.75) is 69.6 Å². The summed E-state index contributed by atoms with van der Waals surface area (Å²) < 4.78 is 16.3. The van der Waals surface area contributed by atoms with E-state index in [0.29, 0.717) is 24.3 Å². The van der Waals surface area contributed by atoms with Crippen LogP contribution in [-0.2, 0) is 29.3 Å². The number of nitrogens with zero attached hydrogens (tertiary/aromatic N) is 1. The number of likely N-dealkylation sites (N-methyl/N-ethyl adjacent to an activating group) is 1. The molecule has 2 aliphatic heterocycles. The summed E-state index contributed by atoms with van der Waals surface area (Å²) in [6.07, 6.45) is 1.09. The van der Waals surface area contributed by atoms with Crippen molar-refractivity contribution < 1.29 is 43.9 Å². The Morgan fingerprint density at radius 3 is 2.62 bits per heavy atom. The third-order valence-corrected chi connectivity index (χ3v) is 7.80. The fourth-order valence-electron chi connectivity index (χ4n) is 5.72. The monoisotopic (exact) mass is 556 g/mol. The number of fused-ring (bicyclic) bond motifs is 1. The highest BCUT2D eigenvalue weighted by Crippen LogP contribution is 2.62. The number of rotatable bonds is 6. The molecule has 1 spiro atoms. The second kappa shape index (κ2) is 12.0. The van der Waals surface area contributed by atoms with Crippen molar-refractivity contribution in [1.29, 1.82) is 0 Å². The molecule has 2 heterocycles. The van der Waals surface area contributed by atoms with Crippen molar-refractivity contribution in [3.05, 3.63) is 47.2 Å². The van der Waals surface area contributed by atoms with Crippen LogP contribution in [0, 0.1) is 18.9 Å². The van der Waals surface area contributed by atoms with Crippen molar-refractivity contribution in [2.75, 3.05) is 20.2 Å². The number of ether oxygens (including phenoxy) is 3. The number of carboxylic acid groups (broad SMARTS) is 1. The fourth-order valence-corrected chi connectivity index (χ4v) is 5.72. The van der Waals surface area contributed by atoms with Gasteiger partial charge in [0.05, 0.1) is 23.9 Å². The number of aryl methyl sites for hydroxylation is 1. The number of carboxylic acids is 1. The Bertz CT molecular complexity index is 1290. The molecule has 1 aliphatic carbocycles. The number of aromatic hydroxyl groups is 1. The summed E-state index contributed by atoms with van der Waals surface area (Å²) in [6, 6.07) is 5.31. The Hall–Kier alpha value is -4.01. The van der Waals surface area contributed by atoms with Crippen LogP contribution < -0.4 is 10.5 Å². The van der Waals surface area contributed by atoms with Gasteiger partial charge in [0, 0.05) is 36.6 Å². The minimum absolute atomic E-state index is 0.0233. The minimum Gasteiger partial charge on any atom is -0.504 e. The molecule has 0 bridgehead atoms. The maximum absolute atomic E-state index is 12.3. The number of phenolic OH excluding ortho intramolecular Hbond substituents is 1. The predicted molar refractivity (Wildman–Crippen MR) is 144 cm³/mol. The van der Waals surface area contributed by atoms with Crippen LogP contribution in [0.2, 0.25) is 0 Å². The fraction of sp³-hybridized carbons (Fsp3) is 0.483. The number of benzene rings is 1. The van der Waals surface area contributed by atoms with Crippen LogP contribution in [0.15, 0.2) is 36.1 Å². The summed E-state index contributed by atoms with van der Waals surface area (Å²) in [7, 11) is 1.96. The lowest BCUT2D eigenvalue weighted by Gasteiger charge is -2.58. The van der Waals surface area contributed by atoms with E-state index < -0.39 is 29.1 Å². The molecule has 216 valence electrons. The lowest BCUT2D eigenvalue weighted by atomic mass is 9.54. The number of nitrogens with two attached hydrogens (primary N) is 1. The highest BCUT2D eigenvalue weighted by Gasteiger charge is 2.69. The van der Waals surface area contributed by atoms with E-state index in [1.807, 2.05) is 20.9 Å². The van der Waals surface area contributed by atoms with E-state index in [1.165, 1.54) is 6.92 Å². The Balaban J connectivity index is 0.000000378. The van der Waals surface area contributed by atoms with Crippen molar-refractivity contribution in [1.82, 2.24) is 4.90 Å². The van der Waals surface area contributed by atoms with Crippen LogP contribution in [-0.4, -0.2) is 76.1 Å². The number of hydrogen-bond donors (Lipinski definition) is 4. The van der Waals surface area contributed by atoms with E-state index in [4.69, 9.17) is 20.3 Å². The van der Waals surface area contributed by atoms with Crippen molar-refractivity contribution in [3.8, 4) is 23.5 Å². The predicted octanol–water partition coefficient (Wildman–Crippen LogP) is 1.88. The molecule has 4 atom stereocenters. The third-order valence-electron chi connectivity index (χ3n) is 7.80. The number of piperidine rings is 1. The molecule has 1 aromatic carbocycles. The van der Waals surface area contributed by atoms with Crippen LogP contribution in [0.4, 0.5) is 0 Å². The number of phenols is 1. The molecule has 0 saturated carbocycles. The maximum Gasteiger partial charge on any atom is 0.311 e. The normalized spacial score (nSPS) is 26.1. The number of carbonyl (C=O) groups excluding carboxylic acids is 2. The van der Waals surface area contributed by atoms with Gasteiger partial charge < -0.3 is 40.2 Å². The van der Waals surface area contributed by atoms with Gasteiger partial charge >= 0.3 is 17.9 Å². The van der Waals surface area contributed by atoms with Gasteiger partial charge in [-0.2, -0.15) is 0 Å². The van der Waals surface area contributed by atoms with Crippen LogP contribution in [0.25, 0.3) is 0 Å². The first-order valence-electron chi connectivity index (χ1n) is 12.9. The SMILES string of the molecule is C=C(C#CN)COC(C)=O.Cc1ccc(O)c2c1C13CCN(C)C(C)C1(O)CC=C(OC(=O)CCC(=O)O)C3O2. The topological polar surface area (TPSA) is 169 Å². The third kappa shape index (κ3) is 5.64. The van der Waals surface area contributed by atoms with Crippen LogP contribution in [0.3, 0.4) is 0 Å². The van der Waals surface area contributed by atoms with E-state index in [2.05, 4.69) is 28.2 Å². The number of esters is 2. The first kappa shape index (κ1) is 30.5. The van der Waals surface area contributed by atoms with E-state index in [1.54, 1.807) is 18.2 Å². The molecule has 4 unspecified atom stereocenters. The molecule has 11 heteroatoms. The number of carbonyl (C=O) groups is 3. The minimum atomic E-state index is -1.20. The summed E-state index contributed by atoms with van der Waals surface area (Å²) in [6.45, 7) is 9.51. The van der Waals surface area contributed by atoms with Crippen LogP contribution in [0.1, 0.15) is 50.7 Å². The molecular formula is C29H36N2O9. The van der Waals surface area contributed by atoms with Crippen molar-refractivity contribution in [2.24, 2.45) is 5.73 Å². The van der Waals surface area contributed by atoms with Gasteiger partial charge in [-0.15, -0.1) is 0 Å². The summed E-state index contributed by atoms with van der Waals surface area (Å²) in [5.41, 5.74) is 4.91. The maximum atomic E-state index is 12.3. The van der Waals surface area contributed by atoms with E-state index in [-0.39, 0.29) is 49.4 Å². The van der Waals surface area contributed by atoms with Gasteiger partial charge in [0.1, 0.15) is 12.4 Å². The molecule has 1 aromatic rings. The molecular weight excluding hydrogens is 520 g/mol. The molecule has 11 nitrogen and oxygen atoms in total. The quantitative estimate of drug-likeness (QED) is 0.229. The Kier molecular flexibility index (Phi) is 9.18. The first-order chi connectivity index (χ1) is 18.8. The van der Waals surface area contributed by atoms with Gasteiger partial charge in [-0.25, -0.2) is 0 Å². The van der Waals surface area contributed by atoms with E-state index >= 15 is 0 Å². The van der Waals surface area contributed by atoms with Crippen LogP contribution >= 0.6 is 0 Å². The van der Waals surface area contributed by atoms with Gasteiger partial charge in [-0.05, 0) is 57.5 Å². The number of aliphatic carboxylic acids is 1. The number of aliphatic hydroxyl groups is 1. The van der Waals surface area contributed by atoms with Gasteiger partial charge in [0.2, 0.25) is 0 Å². The standard InChI is InChI=1S/C22H27NO7.C7H9NO2/c1-12-4-5-14(24)19-18(12)21-10-11-23(3)13(2)22(21,28)9-8-15(20(21)30-19)29-17(27)7-6-16(25)26;1-6(3-4-8)5-10-7(2)9/h4-5,8,13,20,24,28H,6-7,9-11H2,1-3H3,(H,25,26);1,5,8H2,2H3. The highest BCUT2D eigenvalue weighted by atomic mass is 16.6. The molecule has 4 rings (SSSR count). The van der Waals surface area contributed by atoms with Crippen molar-refractivity contribution >= 4 is 17.9 Å². The van der Waals surface area contributed by atoms with Crippen LogP contribution in [0.5, 0.6) is 11.5 Å². The second-order valence-electron chi connectivity index (χ2n) is 10.2. The Labute approximate surface area is 233 Å². The molecule has 0 amide bonds. The Morgan fingerprint density at radius 2 is 2.00 bits per heavy atom. The Morgan fingerprint density at radius 1 is 1.30 bits per heavy atom. The number of likely N-dealkylation sites (tertiary alicyclic amines) is 1. The highest BCUT2D eigenvalue weighted by molar-refractivity contribution is 5.77. The smallest absolute Gasteiger partial charge is 0.311 e. The first-order valence-corrected chi connectivity index (χ1v) is 12.9. The van der Waals surface area contributed by atoms with Gasteiger partial charge in [-0.1, -0.05) is 12.6 Å². The molecule has 5 N–H and O–H groups in total. The molecule has 1 fully saturated rings. The zero-order chi connectivity index (χ0) is 29.8. The molecule has 40 heavy (non-hydrogen) atoms. The zero-order valence-corrected chi connectivity index (χ0v) is 23.2. The second-order valence-corrected chi connectivity index (χ2v) is 10.2. The molecule has 3 aliphatic rings. The van der Waals surface area contributed by atoms with Gasteiger partial charge in [0.15, 0.2) is 17.6 Å². The summed E-state index contributed by atoms with van der Waals surface area (Å²) >= 11 is 0. The average molecular weight is 557 g/mol. The summed E-state index contributed by atoms with van der Waals surface area (Å²) in [5, 5.41) is 31.3. The molecule has 0 aromatic heterocycles. The molecule has 0 radical (unpaired) electrons. The lowest BCUT2D eigenvalue weighted by Crippen LogP contribution is -2.71. The zero-order valence-electron chi connectivity index (χ0n) is 23.2. The van der Waals surface area contributed by atoms with E-state index in [9.17, 15) is 24.6 Å². The van der Waals surface area contributed by atoms with Crippen molar-refractivity contribution in [3.63, 3.8) is 0 Å². The van der Waals surface area contributed by atoms with Gasteiger partial charge in [-0.3, -0.25) is 14.4 Å². The number of hydrogen-bond acceptors (Lipinski definition) is 10. The summed E-state index contributed by atoms with van der Waals surface area (Å²) in [4.78, 5) is 35.4. The largest absolute Gasteiger partial charge is 0.504 e. The average Bonchev–Trinajstić information content (AvgIpc) is 3.26. The molecule has 1 saturated heterocycles. The van der Waals surface area contributed by atoms with Gasteiger partial charge in [0.25, 0.3) is 0 Å². The lowest BCUT2D eigenvalue weighted by molar-refractivity contribution is -0.162. The van der Waals surface area contributed by atoms with E-state index in [0.717, 1.165) is 11.1 Å².